The van der Waals surface area contributed by atoms with Crippen molar-refractivity contribution in [2.24, 2.45) is 23.7 Å². The minimum Gasteiger partial charge on any atom is -0.352 e. The fourth-order valence-corrected chi connectivity index (χ4v) is 4.62. The van der Waals surface area contributed by atoms with Crippen LogP contribution in [-0.4, -0.2) is 18.4 Å². The van der Waals surface area contributed by atoms with Crippen molar-refractivity contribution in [2.45, 2.75) is 40.2 Å². The number of hydrogen-bond acceptors (Lipinski definition) is 3. The van der Waals surface area contributed by atoms with Gasteiger partial charge < -0.3 is 10.6 Å². The van der Waals surface area contributed by atoms with Gasteiger partial charge in [0.25, 0.3) is 5.91 Å². The first kappa shape index (κ1) is 25.2. The third kappa shape index (κ3) is 6.77. The molecule has 0 radical (unpaired) electrons. The van der Waals surface area contributed by atoms with Crippen molar-refractivity contribution in [3.8, 4) is 6.07 Å². The van der Waals surface area contributed by atoms with Gasteiger partial charge in [-0.2, -0.15) is 5.26 Å². The number of nitrogens with one attached hydrogen (secondary N) is 2. The standard InChI is InChI=1S/C28H32FN3O2/c1-18(2)26-13-23(14-27(33)31-16-21-6-10-25(29)11-7-21)19(3)12-24(26)17-32-28(34)22-8-4-20(15-30)5-9-22/h4-12,18,23-24,26H,13-14,16-17H2,1-3H3,(H,31,33)(H,32,34)/t23-,24-,26-/m0/s1. The highest BCUT2D eigenvalue weighted by molar-refractivity contribution is 5.94. The summed E-state index contributed by atoms with van der Waals surface area (Å²) in [6.07, 6.45) is 3.52. The van der Waals surface area contributed by atoms with Gasteiger partial charge in [-0.3, -0.25) is 9.59 Å². The monoisotopic (exact) mass is 461 g/mol. The van der Waals surface area contributed by atoms with Crippen molar-refractivity contribution < 1.29 is 14.0 Å². The summed E-state index contributed by atoms with van der Waals surface area (Å²) in [5.74, 6) is 0.649. The summed E-state index contributed by atoms with van der Waals surface area (Å²) in [5.41, 5.74) is 3.09. The molecule has 3 rings (SSSR count). The van der Waals surface area contributed by atoms with E-state index in [4.69, 9.17) is 5.26 Å². The lowest BCUT2D eigenvalue weighted by atomic mass is 9.69. The van der Waals surface area contributed by atoms with Gasteiger partial charge in [0.2, 0.25) is 5.91 Å². The molecule has 2 amide bonds. The smallest absolute Gasteiger partial charge is 0.251 e. The first-order valence-corrected chi connectivity index (χ1v) is 11.7. The Balaban J connectivity index is 1.57. The summed E-state index contributed by atoms with van der Waals surface area (Å²) in [6.45, 7) is 7.33. The summed E-state index contributed by atoms with van der Waals surface area (Å²) >= 11 is 0. The van der Waals surface area contributed by atoms with Gasteiger partial charge in [-0.1, -0.05) is 37.6 Å². The molecule has 0 heterocycles. The molecule has 5 nitrogen and oxygen atoms in total. The van der Waals surface area contributed by atoms with E-state index in [1.54, 1.807) is 36.4 Å². The average molecular weight is 462 g/mol. The summed E-state index contributed by atoms with van der Waals surface area (Å²) < 4.78 is 13.1. The van der Waals surface area contributed by atoms with E-state index in [0.717, 1.165) is 12.0 Å². The van der Waals surface area contributed by atoms with Crippen molar-refractivity contribution >= 4 is 11.8 Å². The highest BCUT2D eigenvalue weighted by Crippen LogP contribution is 2.38. The van der Waals surface area contributed by atoms with E-state index < -0.39 is 0 Å². The molecule has 0 aromatic heterocycles. The first-order valence-electron chi connectivity index (χ1n) is 11.7. The van der Waals surface area contributed by atoms with Gasteiger partial charge in [0.05, 0.1) is 11.6 Å². The number of rotatable bonds is 8. The molecule has 0 saturated carbocycles. The van der Waals surface area contributed by atoms with Crippen LogP contribution >= 0.6 is 0 Å². The van der Waals surface area contributed by atoms with Crippen molar-refractivity contribution in [3.63, 3.8) is 0 Å². The van der Waals surface area contributed by atoms with Gasteiger partial charge >= 0.3 is 0 Å². The third-order valence-corrected chi connectivity index (χ3v) is 6.69. The van der Waals surface area contributed by atoms with Gasteiger partial charge in [-0.25, -0.2) is 4.39 Å². The maximum Gasteiger partial charge on any atom is 0.251 e. The minimum atomic E-state index is -0.291. The van der Waals surface area contributed by atoms with Gasteiger partial charge in [0, 0.05) is 25.1 Å². The van der Waals surface area contributed by atoms with Crippen LogP contribution in [0.1, 0.15) is 55.1 Å². The Morgan fingerprint density at radius 1 is 1.09 bits per heavy atom. The summed E-state index contributed by atoms with van der Waals surface area (Å²) in [4.78, 5) is 25.2. The molecule has 3 atom stereocenters. The van der Waals surface area contributed by atoms with Crippen LogP contribution in [0.5, 0.6) is 0 Å². The van der Waals surface area contributed by atoms with Gasteiger partial charge in [-0.05, 0) is 79.0 Å². The topological polar surface area (TPSA) is 82.0 Å². The van der Waals surface area contributed by atoms with E-state index in [-0.39, 0.29) is 29.5 Å². The lowest BCUT2D eigenvalue weighted by Gasteiger charge is -2.37. The number of carbonyl (C=O) groups is 2. The SMILES string of the molecule is CC1=C[C@@H](CNC(=O)c2ccc(C#N)cc2)[C@H](C(C)C)C[C@H]1CC(=O)NCc1ccc(F)cc1. The Hall–Kier alpha value is -3.46. The number of amides is 2. The minimum absolute atomic E-state index is 0.0165. The first-order chi connectivity index (χ1) is 16.3. The molecular formula is C28H32FN3O2. The molecule has 1 aliphatic carbocycles. The maximum absolute atomic E-state index is 13.1. The van der Waals surface area contributed by atoms with E-state index in [1.807, 2.05) is 0 Å². The van der Waals surface area contributed by atoms with Crippen LogP contribution in [0.25, 0.3) is 0 Å². The summed E-state index contributed by atoms with van der Waals surface area (Å²) in [6, 6.07) is 14.8. The second kappa shape index (κ2) is 11.6. The Labute approximate surface area is 201 Å². The Morgan fingerprint density at radius 3 is 2.38 bits per heavy atom. The van der Waals surface area contributed by atoms with Crippen LogP contribution in [0.15, 0.2) is 60.2 Å². The number of nitriles is 1. The van der Waals surface area contributed by atoms with Crippen LogP contribution in [0, 0.1) is 40.8 Å². The van der Waals surface area contributed by atoms with Crippen LogP contribution in [0.2, 0.25) is 0 Å². The van der Waals surface area contributed by atoms with E-state index in [2.05, 4.69) is 43.6 Å². The molecule has 2 aromatic carbocycles. The molecule has 178 valence electrons. The lowest BCUT2D eigenvalue weighted by Crippen LogP contribution is -2.37. The number of allylic oxidation sites excluding steroid dienone is 1. The van der Waals surface area contributed by atoms with Crippen molar-refractivity contribution in [3.05, 3.63) is 82.7 Å². The Bertz CT molecular complexity index is 1070. The largest absolute Gasteiger partial charge is 0.352 e. The highest BCUT2D eigenvalue weighted by Gasteiger charge is 2.32. The van der Waals surface area contributed by atoms with Crippen LogP contribution in [0.3, 0.4) is 0 Å². The molecule has 2 N–H and O–H groups in total. The second-order valence-electron chi connectivity index (χ2n) is 9.42. The average Bonchev–Trinajstić information content (AvgIpc) is 2.83. The molecule has 0 fully saturated rings. The summed E-state index contributed by atoms with van der Waals surface area (Å²) in [7, 11) is 0. The molecular weight excluding hydrogens is 429 g/mol. The van der Waals surface area contributed by atoms with Crippen LogP contribution in [-0.2, 0) is 11.3 Å². The van der Waals surface area contributed by atoms with Gasteiger partial charge in [0.1, 0.15) is 5.82 Å². The molecule has 2 aromatic rings. The molecule has 0 aliphatic heterocycles. The van der Waals surface area contributed by atoms with E-state index in [0.29, 0.717) is 42.5 Å². The number of hydrogen-bond donors (Lipinski definition) is 2. The fourth-order valence-electron chi connectivity index (χ4n) is 4.62. The molecule has 0 bridgehead atoms. The third-order valence-electron chi connectivity index (χ3n) is 6.69. The lowest BCUT2D eigenvalue weighted by molar-refractivity contribution is -0.122. The van der Waals surface area contributed by atoms with Gasteiger partial charge in [0.15, 0.2) is 0 Å². The number of benzene rings is 2. The van der Waals surface area contributed by atoms with E-state index in [1.165, 1.54) is 17.7 Å². The predicted octanol–water partition coefficient (Wildman–Crippen LogP) is 4.99. The number of nitrogens with zero attached hydrogens (tertiary/aromatic N) is 1. The zero-order chi connectivity index (χ0) is 24.7. The predicted molar refractivity (Wildman–Crippen MR) is 130 cm³/mol. The van der Waals surface area contributed by atoms with Crippen LogP contribution < -0.4 is 10.6 Å². The molecule has 6 heteroatoms. The number of halogens is 1. The Kier molecular flexibility index (Phi) is 8.59. The van der Waals surface area contributed by atoms with Crippen LogP contribution in [0.4, 0.5) is 4.39 Å². The molecule has 1 aliphatic rings. The zero-order valence-corrected chi connectivity index (χ0v) is 20.0. The molecule has 0 spiro atoms. The molecule has 34 heavy (non-hydrogen) atoms. The normalized spacial score (nSPS) is 19.8. The quantitative estimate of drug-likeness (QED) is 0.544. The zero-order valence-electron chi connectivity index (χ0n) is 20.0. The van der Waals surface area contributed by atoms with E-state index >= 15 is 0 Å². The maximum atomic E-state index is 13.1. The molecule has 0 saturated heterocycles. The second-order valence-corrected chi connectivity index (χ2v) is 9.42. The molecule has 0 unspecified atom stereocenters. The highest BCUT2D eigenvalue weighted by atomic mass is 19.1. The van der Waals surface area contributed by atoms with Gasteiger partial charge in [-0.15, -0.1) is 0 Å². The van der Waals surface area contributed by atoms with Crippen molar-refractivity contribution in [1.82, 2.24) is 10.6 Å². The summed E-state index contributed by atoms with van der Waals surface area (Å²) in [5, 5.41) is 14.9. The number of carbonyl (C=O) groups excluding carboxylic acids is 2. The van der Waals surface area contributed by atoms with Crippen molar-refractivity contribution in [2.75, 3.05) is 6.54 Å². The van der Waals surface area contributed by atoms with E-state index in [9.17, 15) is 14.0 Å². The van der Waals surface area contributed by atoms with Crippen molar-refractivity contribution in [1.29, 1.82) is 5.26 Å². The Morgan fingerprint density at radius 2 is 1.76 bits per heavy atom. The fraction of sp³-hybridized carbons (Fsp3) is 0.393.